The molecule has 0 aliphatic carbocycles. The molecule has 104 valence electrons. The molecule has 0 amide bonds. The lowest BCUT2D eigenvalue weighted by atomic mass is 10.0. The maximum Gasteiger partial charge on any atom is 0.330 e. The summed E-state index contributed by atoms with van der Waals surface area (Å²) in [5, 5.41) is 0. The minimum atomic E-state index is -0.501. The third-order valence-corrected chi connectivity index (χ3v) is 3.15. The Morgan fingerprint density at radius 2 is 1.79 bits per heavy atom. The normalized spacial score (nSPS) is 32.4. The minimum Gasteiger partial charge on any atom is -0.462 e. The lowest BCUT2D eigenvalue weighted by Gasteiger charge is -2.16. The van der Waals surface area contributed by atoms with Crippen molar-refractivity contribution in [3.8, 4) is 0 Å². The van der Waals surface area contributed by atoms with Crippen LogP contribution in [0, 0.1) is 5.92 Å². The maximum absolute atomic E-state index is 11.2. The summed E-state index contributed by atoms with van der Waals surface area (Å²) in [7, 11) is 0. The summed E-state index contributed by atoms with van der Waals surface area (Å²) in [6.07, 6.45) is 1.25. The molecule has 0 saturated carbocycles. The van der Waals surface area contributed by atoms with Crippen LogP contribution in [0.2, 0.25) is 0 Å². The van der Waals surface area contributed by atoms with Crippen molar-refractivity contribution >= 4 is 11.9 Å². The predicted octanol–water partition coefficient (Wildman–Crippen LogP) is 0.227. The fraction of sp³-hybridized carbons (Fsp3) is 0.538. The van der Waals surface area contributed by atoms with Gasteiger partial charge < -0.3 is 18.9 Å². The Balaban J connectivity index is 1.86. The van der Waals surface area contributed by atoms with Crippen LogP contribution >= 0.6 is 0 Å². The van der Waals surface area contributed by atoms with E-state index in [2.05, 4.69) is 13.2 Å². The van der Waals surface area contributed by atoms with Gasteiger partial charge in [-0.15, -0.1) is 0 Å². The van der Waals surface area contributed by atoms with Crippen molar-refractivity contribution in [3.05, 3.63) is 25.3 Å². The molecule has 0 radical (unpaired) electrons. The molecule has 2 heterocycles. The van der Waals surface area contributed by atoms with Gasteiger partial charge in [-0.2, -0.15) is 0 Å². The fourth-order valence-electron chi connectivity index (χ4n) is 2.23. The number of esters is 2. The Morgan fingerprint density at radius 3 is 2.47 bits per heavy atom. The summed E-state index contributed by atoms with van der Waals surface area (Å²) < 4.78 is 21.2. The van der Waals surface area contributed by atoms with Crippen molar-refractivity contribution in [2.75, 3.05) is 19.8 Å². The Morgan fingerprint density at radius 1 is 1.11 bits per heavy atom. The van der Waals surface area contributed by atoms with E-state index >= 15 is 0 Å². The zero-order chi connectivity index (χ0) is 13.8. The molecular weight excluding hydrogens is 252 g/mol. The summed E-state index contributed by atoms with van der Waals surface area (Å²) in [5.74, 6) is -1.03. The van der Waals surface area contributed by atoms with Crippen LogP contribution < -0.4 is 0 Å². The van der Waals surface area contributed by atoms with Crippen molar-refractivity contribution in [3.63, 3.8) is 0 Å². The van der Waals surface area contributed by atoms with Crippen LogP contribution in [-0.4, -0.2) is 50.1 Å². The third kappa shape index (κ3) is 3.02. The van der Waals surface area contributed by atoms with Crippen LogP contribution in [0.5, 0.6) is 0 Å². The number of hydrogen-bond acceptors (Lipinski definition) is 6. The minimum absolute atomic E-state index is 0.0543. The summed E-state index contributed by atoms with van der Waals surface area (Å²) in [4.78, 5) is 22.2. The molecule has 6 nitrogen and oxygen atoms in total. The molecule has 19 heavy (non-hydrogen) atoms. The van der Waals surface area contributed by atoms with Crippen LogP contribution in [0.4, 0.5) is 0 Å². The van der Waals surface area contributed by atoms with E-state index in [-0.39, 0.29) is 31.3 Å². The van der Waals surface area contributed by atoms with Crippen molar-refractivity contribution in [2.24, 2.45) is 5.92 Å². The SMILES string of the molecule is C=CC(=O)OCC1COC2C(OC(=O)C=C)COC12. The second-order valence-electron chi connectivity index (χ2n) is 4.37. The van der Waals surface area contributed by atoms with Crippen LogP contribution in [0.3, 0.4) is 0 Å². The number of carbonyl (C=O) groups excluding carboxylic acids is 2. The zero-order valence-electron chi connectivity index (χ0n) is 10.4. The van der Waals surface area contributed by atoms with E-state index in [1.165, 1.54) is 0 Å². The van der Waals surface area contributed by atoms with Gasteiger partial charge in [-0.05, 0) is 0 Å². The molecule has 0 aromatic rings. The molecule has 2 aliphatic heterocycles. The number of rotatable bonds is 5. The van der Waals surface area contributed by atoms with Gasteiger partial charge in [0.25, 0.3) is 0 Å². The largest absolute Gasteiger partial charge is 0.462 e. The smallest absolute Gasteiger partial charge is 0.330 e. The van der Waals surface area contributed by atoms with Crippen LogP contribution in [-0.2, 0) is 28.5 Å². The highest BCUT2D eigenvalue weighted by molar-refractivity contribution is 5.81. The second kappa shape index (κ2) is 5.99. The first-order chi connectivity index (χ1) is 9.15. The van der Waals surface area contributed by atoms with E-state index in [0.717, 1.165) is 12.2 Å². The van der Waals surface area contributed by atoms with Gasteiger partial charge in [-0.3, -0.25) is 0 Å². The molecule has 0 aromatic heterocycles. The molecule has 0 spiro atoms. The Labute approximate surface area is 111 Å². The first-order valence-corrected chi connectivity index (χ1v) is 6.01. The van der Waals surface area contributed by atoms with Crippen molar-refractivity contribution in [1.82, 2.24) is 0 Å². The van der Waals surface area contributed by atoms with Gasteiger partial charge in [0.15, 0.2) is 6.10 Å². The molecule has 2 rings (SSSR count). The predicted molar refractivity (Wildman–Crippen MR) is 64.2 cm³/mol. The van der Waals surface area contributed by atoms with E-state index in [4.69, 9.17) is 18.9 Å². The molecule has 0 bridgehead atoms. The van der Waals surface area contributed by atoms with Gasteiger partial charge in [-0.1, -0.05) is 13.2 Å². The number of ether oxygens (including phenoxy) is 4. The van der Waals surface area contributed by atoms with E-state index in [9.17, 15) is 9.59 Å². The molecule has 4 atom stereocenters. The van der Waals surface area contributed by atoms with Crippen LogP contribution in [0.15, 0.2) is 25.3 Å². The van der Waals surface area contributed by atoms with E-state index in [0.29, 0.717) is 6.61 Å². The van der Waals surface area contributed by atoms with Gasteiger partial charge >= 0.3 is 11.9 Å². The monoisotopic (exact) mass is 268 g/mol. The highest BCUT2D eigenvalue weighted by atomic mass is 16.6. The average molecular weight is 268 g/mol. The van der Waals surface area contributed by atoms with Gasteiger partial charge in [0.1, 0.15) is 6.10 Å². The number of carbonyl (C=O) groups is 2. The molecule has 2 fully saturated rings. The van der Waals surface area contributed by atoms with Crippen molar-refractivity contribution < 1.29 is 28.5 Å². The molecule has 6 heteroatoms. The van der Waals surface area contributed by atoms with Gasteiger partial charge in [0.05, 0.1) is 25.9 Å². The number of fused-ring (bicyclic) bond motifs is 1. The highest BCUT2D eigenvalue weighted by Gasteiger charge is 2.49. The summed E-state index contributed by atoms with van der Waals surface area (Å²) >= 11 is 0. The number of hydrogen-bond donors (Lipinski definition) is 0. The highest BCUT2D eigenvalue weighted by Crippen LogP contribution is 2.32. The lowest BCUT2D eigenvalue weighted by molar-refractivity contribution is -0.148. The van der Waals surface area contributed by atoms with Gasteiger partial charge in [0.2, 0.25) is 0 Å². The molecular formula is C13H16O6. The van der Waals surface area contributed by atoms with Crippen LogP contribution in [0.1, 0.15) is 0 Å². The lowest BCUT2D eigenvalue weighted by Crippen LogP contribution is -2.33. The molecule has 0 aromatic carbocycles. The summed E-state index contributed by atoms with van der Waals surface area (Å²) in [6.45, 7) is 7.55. The van der Waals surface area contributed by atoms with E-state index in [1.807, 2.05) is 0 Å². The first kappa shape index (κ1) is 13.8. The summed E-state index contributed by atoms with van der Waals surface area (Å²) in [5.41, 5.74) is 0. The standard InChI is InChI=1S/C13H16O6/c1-3-10(14)16-5-8-6-17-13-9(7-18-12(8)13)19-11(15)4-2/h3-4,8-9,12-13H,1-2,5-7H2. The quantitative estimate of drug-likeness (QED) is 0.525. The average Bonchev–Trinajstić information content (AvgIpc) is 2.99. The Bertz CT molecular complexity index is 391. The molecule has 4 unspecified atom stereocenters. The zero-order valence-corrected chi connectivity index (χ0v) is 10.4. The molecule has 0 N–H and O–H groups in total. The van der Waals surface area contributed by atoms with Crippen molar-refractivity contribution in [2.45, 2.75) is 18.3 Å². The molecule has 2 saturated heterocycles. The first-order valence-electron chi connectivity index (χ1n) is 6.01. The maximum atomic E-state index is 11.2. The van der Waals surface area contributed by atoms with Gasteiger partial charge in [-0.25, -0.2) is 9.59 Å². The van der Waals surface area contributed by atoms with Crippen LogP contribution in [0.25, 0.3) is 0 Å². The van der Waals surface area contributed by atoms with Gasteiger partial charge in [0, 0.05) is 18.1 Å². The second-order valence-corrected chi connectivity index (χ2v) is 4.37. The van der Waals surface area contributed by atoms with E-state index < -0.39 is 18.0 Å². The Kier molecular flexibility index (Phi) is 4.34. The van der Waals surface area contributed by atoms with E-state index in [1.54, 1.807) is 0 Å². The molecule has 2 aliphatic rings. The van der Waals surface area contributed by atoms with Crippen molar-refractivity contribution in [1.29, 1.82) is 0 Å². The Hall–Kier alpha value is -1.66. The topological polar surface area (TPSA) is 71.1 Å². The third-order valence-electron chi connectivity index (χ3n) is 3.15. The summed E-state index contributed by atoms with van der Waals surface area (Å²) in [6, 6.07) is 0. The fourth-order valence-corrected chi connectivity index (χ4v) is 2.23.